The maximum absolute atomic E-state index is 5.57. The van der Waals surface area contributed by atoms with Gasteiger partial charge in [-0.15, -0.1) is 0 Å². The topological polar surface area (TPSA) is 63.2 Å². The molecule has 1 aromatic heterocycles. The highest BCUT2D eigenvalue weighted by Gasteiger charge is 2.13. The molecule has 0 aliphatic carbocycles. The second kappa shape index (κ2) is 10.2. The Morgan fingerprint density at radius 1 is 0.952 bits per heavy atom. The van der Waals surface area contributed by atoms with E-state index in [0.717, 1.165) is 45.2 Å². The molecule has 0 unspecified atom stereocenters. The molecule has 120 valence electrons. The van der Waals surface area contributed by atoms with Gasteiger partial charge in [0.2, 0.25) is 11.9 Å². The molecule has 0 atom stereocenters. The van der Waals surface area contributed by atoms with E-state index in [1.807, 2.05) is 7.05 Å². The average molecular weight is 295 g/mol. The van der Waals surface area contributed by atoms with Gasteiger partial charge in [-0.25, -0.2) is 0 Å². The third-order valence-corrected chi connectivity index (χ3v) is 3.11. The molecule has 1 rings (SSSR count). The first kappa shape index (κ1) is 17.5. The standard InChI is InChI=1S/C15H29N5O/c1-5-8-10-20(11-9-6-2)14-17-13(16-4)18-15(19-14)21-12-7-3/h5-12H2,1-4H3,(H,16,17,18,19). The molecule has 0 fully saturated rings. The summed E-state index contributed by atoms with van der Waals surface area (Å²) in [6.45, 7) is 9.01. The van der Waals surface area contributed by atoms with Gasteiger partial charge in [-0.1, -0.05) is 33.6 Å². The molecule has 0 aliphatic rings. The molecule has 0 bridgehead atoms. The fourth-order valence-electron chi connectivity index (χ4n) is 1.87. The second-order valence-corrected chi connectivity index (χ2v) is 5.03. The molecule has 0 radical (unpaired) electrons. The summed E-state index contributed by atoms with van der Waals surface area (Å²) in [7, 11) is 1.81. The molecular weight excluding hydrogens is 266 g/mol. The Morgan fingerprint density at radius 3 is 2.14 bits per heavy atom. The molecule has 0 saturated carbocycles. The van der Waals surface area contributed by atoms with E-state index in [1.54, 1.807) is 0 Å². The normalized spacial score (nSPS) is 10.5. The van der Waals surface area contributed by atoms with Gasteiger partial charge in [0, 0.05) is 20.1 Å². The minimum atomic E-state index is 0.407. The van der Waals surface area contributed by atoms with Crippen molar-refractivity contribution in [1.29, 1.82) is 0 Å². The fraction of sp³-hybridized carbons (Fsp3) is 0.800. The van der Waals surface area contributed by atoms with Crippen LogP contribution in [0.25, 0.3) is 0 Å². The van der Waals surface area contributed by atoms with Crippen LogP contribution in [0.1, 0.15) is 52.9 Å². The lowest BCUT2D eigenvalue weighted by molar-refractivity contribution is 0.292. The number of nitrogens with one attached hydrogen (secondary N) is 1. The molecule has 6 nitrogen and oxygen atoms in total. The Labute approximate surface area is 128 Å². The van der Waals surface area contributed by atoms with Crippen LogP contribution >= 0.6 is 0 Å². The minimum absolute atomic E-state index is 0.407. The number of ether oxygens (including phenoxy) is 1. The SMILES string of the molecule is CCCCN(CCCC)c1nc(NC)nc(OCCC)n1. The fourth-order valence-corrected chi connectivity index (χ4v) is 1.87. The smallest absolute Gasteiger partial charge is 0.323 e. The van der Waals surface area contributed by atoms with Gasteiger partial charge in [0.15, 0.2) is 0 Å². The van der Waals surface area contributed by atoms with Crippen LogP contribution in [0.2, 0.25) is 0 Å². The van der Waals surface area contributed by atoms with E-state index in [4.69, 9.17) is 4.74 Å². The zero-order valence-corrected chi connectivity index (χ0v) is 13.9. The van der Waals surface area contributed by atoms with Crippen LogP contribution < -0.4 is 15.0 Å². The van der Waals surface area contributed by atoms with E-state index in [0.29, 0.717) is 24.5 Å². The highest BCUT2D eigenvalue weighted by Crippen LogP contribution is 2.16. The molecule has 21 heavy (non-hydrogen) atoms. The van der Waals surface area contributed by atoms with E-state index >= 15 is 0 Å². The zero-order chi connectivity index (χ0) is 15.5. The highest BCUT2D eigenvalue weighted by atomic mass is 16.5. The number of hydrogen-bond acceptors (Lipinski definition) is 6. The van der Waals surface area contributed by atoms with Crippen LogP contribution in [0.5, 0.6) is 6.01 Å². The predicted molar refractivity (Wildman–Crippen MR) is 87.2 cm³/mol. The Hall–Kier alpha value is -1.59. The number of aromatic nitrogens is 3. The van der Waals surface area contributed by atoms with Crippen LogP contribution in [0.15, 0.2) is 0 Å². The number of rotatable bonds is 11. The first-order valence-electron chi connectivity index (χ1n) is 8.06. The van der Waals surface area contributed by atoms with Crippen molar-refractivity contribution in [3.8, 4) is 6.01 Å². The van der Waals surface area contributed by atoms with E-state index in [9.17, 15) is 0 Å². The number of anilines is 2. The highest BCUT2D eigenvalue weighted by molar-refractivity contribution is 5.38. The van der Waals surface area contributed by atoms with Crippen LogP contribution in [0.3, 0.4) is 0 Å². The third-order valence-electron chi connectivity index (χ3n) is 3.11. The van der Waals surface area contributed by atoms with Gasteiger partial charge in [-0.05, 0) is 19.3 Å². The molecular formula is C15H29N5O. The Morgan fingerprint density at radius 2 is 1.62 bits per heavy atom. The van der Waals surface area contributed by atoms with Gasteiger partial charge in [0.1, 0.15) is 0 Å². The van der Waals surface area contributed by atoms with Crippen molar-refractivity contribution in [1.82, 2.24) is 15.0 Å². The lowest BCUT2D eigenvalue weighted by Crippen LogP contribution is -2.28. The van der Waals surface area contributed by atoms with Gasteiger partial charge in [-0.2, -0.15) is 15.0 Å². The summed E-state index contributed by atoms with van der Waals surface area (Å²) in [5.41, 5.74) is 0. The summed E-state index contributed by atoms with van der Waals surface area (Å²) in [4.78, 5) is 15.4. The first-order chi connectivity index (χ1) is 10.2. The molecule has 0 spiro atoms. The van der Waals surface area contributed by atoms with Crippen molar-refractivity contribution in [3.05, 3.63) is 0 Å². The Balaban J connectivity index is 2.91. The molecule has 0 aromatic carbocycles. The average Bonchev–Trinajstić information content (AvgIpc) is 2.52. The Kier molecular flexibility index (Phi) is 8.47. The van der Waals surface area contributed by atoms with E-state index in [1.165, 1.54) is 0 Å². The molecule has 0 saturated heterocycles. The number of hydrogen-bond donors (Lipinski definition) is 1. The van der Waals surface area contributed by atoms with Crippen LogP contribution in [0.4, 0.5) is 11.9 Å². The summed E-state index contributed by atoms with van der Waals surface area (Å²) < 4.78 is 5.57. The van der Waals surface area contributed by atoms with Gasteiger partial charge in [0.05, 0.1) is 6.61 Å². The van der Waals surface area contributed by atoms with E-state index in [-0.39, 0.29) is 0 Å². The summed E-state index contributed by atoms with van der Waals surface area (Å²) in [5.74, 6) is 1.27. The summed E-state index contributed by atoms with van der Waals surface area (Å²) in [5, 5.41) is 2.98. The summed E-state index contributed by atoms with van der Waals surface area (Å²) in [6.07, 6.45) is 5.52. The van der Waals surface area contributed by atoms with Gasteiger partial charge < -0.3 is 15.0 Å². The van der Waals surface area contributed by atoms with E-state index in [2.05, 4.69) is 45.9 Å². The summed E-state index contributed by atoms with van der Waals surface area (Å²) in [6, 6.07) is 0.407. The quantitative estimate of drug-likeness (QED) is 0.677. The molecule has 0 amide bonds. The van der Waals surface area contributed by atoms with Crippen LogP contribution in [-0.2, 0) is 0 Å². The lowest BCUT2D eigenvalue weighted by atomic mass is 10.3. The monoisotopic (exact) mass is 295 g/mol. The molecule has 1 heterocycles. The van der Waals surface area contributed by atoms with Gasteiger partial charge in [0.25, 0.3) is 0 Å². The van der Waals surface area contributed by atoms with E-state index < -0.39 is 0 Å². The maximum atomic E-state index is 5.57. The number of nitrogens with zero attached hydrogens (tertiary/aromatic N) is 4. The van der Waals surface area contributed by atoms with Crippen molar-refractivity contribution in [2.45, 2.75) is 52.9 Å². The van der Waals surface area contributed by atoms with Crippen molar-refractivity contribution < 1.29 is 4.74 Å². The van der Waals surface area contributed by atoms with Crippen molar-refractivity contribution in [2.24, 2.45) is 0 Å². The molecule has 0 aliphatic heterocycles. The number of unbranched alkanes of at least 4 members (excludes halogenated alkanes) is 2. The molecule has 6 heteroatoms. The van der Waals surface area contributed by atoms with Crippen LogP contribution in [-0.4, -0.2) is 41.7 Å². The minimum Gasteiger partial charge on any atom is -0.463 e. The predicted octanol–water partition coefficient (Wildman–Crippen LogP) is 3.11. The largest absolute Gasteiger partial charge is 0.463 e. The zero-order valence-electron chi connectivity index (χ0n) is 13.9. The third kappa shape index (κ3) is 6.14. The van der Waals surface area contributed by atoms with Crippen molar-refractivity contribution >= 4 is 11.9 Å². The van der Waals surface area contributed by atoms with Crippen molar-refractivity contribution in [2.75, 3.05) is 37.0 Å². The molecule has 1 aromatic rings. The van der Waals surface area contributed by atoms with Crippen LogP contribution in [0, 0.1) is 0 Å². The van der Waals surface area contributed by atoms with Gasteiger partial charge >= 0.3 is 6.01 Å². The van der Waals surface area contributed by atoms with Gasteiger partial charge in [-0.3, -0.25) is 0 Å². The summed E-state index contributed by atoms with van der Waals surface area (Å²) >= 11 is 0. The van der Waals surface area contributed by atoms with Crippen molar-refractivity contribution in [3.63, 3.8) is 0 Å². The lowest BCUT2D eigenvalue weighted by Gasteiger charge is -2.22. The second-order valence-electron chi connectivity index (χ2n) is 5.03. The molecule has 1 N–H and O–H groups in total. The first-order valence-corrected chi connectivity index (χ1v) is 8.06. The Bertz CT molecular complexity index is 392. The maximum Gasteiger partial charge on any atom is 0.323 e.